The number of aromatic hydroxyl groups is 1. The maximum atomic E-state index is 10.6. The molecule has 0 heterocycles. The molecule has 1 N–H and O–H groups in total. The molecule has 0 bridgehead atoms. The Morgan fingerprint density at radius 1 is 0.739 bits per heavy atom. The van der Waals surface area contributed by atoms with E-state index in [4.69, 9.17) is 4.74 Å². The van der Waals surface area contributed by atoms with Crippen LogP contribution in [0.3, 0.4) is 0 Å². The van der Waals surface area contributed by atoms with Crippen molar-refractivity contribution in [3.8, 4) is 28.4 Å². The number of ether oxygens (including phenoxy) is 1. The molecular formula is C18H13NO4. The van der Waals surface area contributed by atoms with Gasteiger partial charge in [-0.05, 0) is 47.5 Å². The Labute approximate surface area is 132 Å². The number of phenolic OH excluding ortho intramolecular Hbond substituents is 1. The molecule has 114 valence electrons. The van der Waals surface area contributed by atoms with Crippen LogP contribution in [-0.4, -0.2) is 10.0 Å². The van der Waals surface area contributed by atoms with Gasteiger partial charge in [-0.1, -0.05) is 24.3 Å². The van der Waals surface area contributed by atoms with Crippen LogP contribution in [0.1, 0.15) is 0 Å². The van der Waals surface area contributed by atoms with Crippen LogP contribution in [0.25, 0.3) is 11.1 Å². The molecule has 0 aliphatic heterocycles. The van der Waals surface area contributed by atoms with Crippen LogP contribution in [0.4, 0.5) is 5.69 Å². The van der Waals surface area contributed by atoms with Gasteiger partial charge < -0.3 is 9.84 Å². The minimum absolute atomic E-state index is 0.0278. The van der Waals surface area contributed by atoms with Crippen molar-refractivity contribution in [1.82, 2.24) is 0 Å². The Morgan fingerprint density at radius 3 is 1.65 bits per heavy atom. The summed E-state index contributed by atoms with van der Waals surface area (Å²) in [5, 5.41) is 19.9. The fraction of sp³-hybridized carbons (Fsp3) is 0. The lowest BCUT2D eigenvalue weighted by molar-refractivity contribution is -0.384. The summed E-state index contributed by atoms with van der Waals surface area (Å²) >= 11 is 0. The molecule has 0 amide bonds. The molecule has 5 nitrogen and oxygen atoms in total. The third kappa shape index (κ3) is 3.47. The number of phenols is 1. The summed E-state index contributed by atoms with van der Waals surface area (Å²) in [6.45, 7) is 0. The topological polar surface area (TPSA) is 72.6 Å². The Balaban J connectivity index is 1.74. The molecule has 0 atom stereocenters. The number of benzene rings is 3. The van der Waals surface area contributed by atoms with Gasteiger partial charge in [0, 0.05) is 12.1 Å². The predicted octanol–water partition coefficient (Wildman–Crippen LogP) is 4.76. The molecule has 0 aliphatic rings. The molecule has 0 spiro atoms. The monoisotopic (exact) mass is 307 g/mol. The number of nitro benzene ring substituents is 1. The van der Waals surface area contributed by atoms with Gasteiger partial charge in [-0.3, -0.25) is 10.1 Å². The predicted molar refractivity (Wildman–Crippen MR) is 86.7 cm³/mol. The molecule has 0 radical (unpaired) electrons. The van der Waals surface area contributed by atoms with Crippen molar-refractivity contribution in [3.63, 3.8) is 0 Å². The standard InChI is InChI=1S/C18H13NO4/c20-16-7-1-13(2-8-16)14-3-9-17(10-4-14)23-18-11-5-15(6-12-18)19(21)22/h1-12,20H. The highest BCUT2D eigenvalue weighted by molar-refractivity contribution is 5.64. The van der Waals surface area contributed by atoms with Gasteiger partial charge in [0.05, 0.1) is 4.92 Å². The maximum Gasteiger partial charge on any atom is 0.269 e. The maximum absolute atomic E-state index is 10.6. The number of non-ortho nitro benzene ring substituents is 1. The summed E-state index contributed by atoms with van der Waals surface area (Å²) in [5.74, 6) is 1.40. The van der Waals surface area contributed by atoms with E-state index in [-0.39, 0.29) is 11.4 Å². The first-order chi connectivity index (χ1) is 11.1. The van der Waals surface area contributed by atoms with Gasteiger partial charge in [0.1, 0.15) is 17.2 Å². The third-order valence-electron chi connectivity index (χ3n) is 3.34. The summed E-state index contributed by atoms with van der Waals surface area (Å²) < 4.78 is 5.66. The van der Waals surface area contributed by atoms with Crippen molar-refractivity contribution in [2.75, 3.05) is 0 Å². The van der Waals surface area contributed by atoms with Crippen LogP contribution in [-0.2, 0) is 0 Å². The molecule has 3 aromatic carbocycles. The van der Waals surface area contributed by atoms with Crippen molar-refractivity contribution in [1.29, 1.82) is 0 Å². The molecule has 0 saturated carbocycles. The van der Waals surface area contributed by atoms with Crippen LogP contribution in [0.2, 0.25) is 0 Å². The van der Waals surface area contributed by atoms with Crippen LogP contribution in [0.15, 0.2) is 72.8 Å². The fourth-order valence-electron chi connectivity index (χ4n) is 2.14. The van der Waals surface area contributed by atoms with Crippen LogP contribution >= 0.6 is 0 Å². The number of rotatable bonds is 4. The second-order valence-electron chi connectivity index (χ2n) is 4.92. The zero-order chi connectivity index (χ0) is 16.2. The van der Waals surface area contributed by atoms with Crippen LogP contribution in [0, 0.1) is 10.1 Å². The van der Waals surface area contributed by atoms with Gasteiger partial charge in [0.25, 0.3) is 5.69 Å². The quantitative estimate of drug-likeness (QED) is 0.557. The van der Waals surface area contributed by atoms with Crippen molar-refractivity contribution in [3.05, 3.63) is 82.9 Å². The average Bonchev–Trinajstić information content (AvgIpc) is 2.57. The van der Waals surface area contributed by atoms with E-state index in [1.807, 2.05) is 36.4 Å². The lowest BCUT2D eigenvalue weighted by Crippen LogP contribution is -1.88. The summed E-state index contributed by atoms with van der Waals surface area (Å²) in [5.41, 5.74) is 2.02. The largest absolute Gasteiger partial charge is 0.508 e. The van der Waals surface area contributed by atoms with Crippen molar-refractivity contribution >= 4 is 5.69 Å². The lowest BCUT2D eigenvalue weighted by atomic mass is 10.1. The summed E-state index contributed by atoms with van der Waals surface area (Å²) in [7, 11) is 0. The first kappa shape index (κ1) is 14.6. The zero-order valence-corrected chi connectivity index (χ0v) is 12.0. The van der Waals surface area contributed by atoms with E-state index in [0.717, 1.165) is 11.1 Å². The molecule has 0 aliphatic carbocycles. The lowest BCUT2D eigenvalue weighted by Gasteiger charge is -2.07. The minimum Gasteiger partial charge on any atom is -0.508 e. The van der Waals surface area contributed by atoms with Crippen molar-refractivity contribution in [2.45, 2.75) is 0 Å². The number of nitrogens with zero attached hydrogens (tertiary/aromatic N) is 1. The summed E-state index contributed by atoms with van der Waals surface area (Å²) in [6.07, 6.45) is 0. The molecule has 0 unspecified atom stereocenters. The van der Waals surface area contributed by atoms with Crippen LogP contribution < -0.4 is 4.74 Å². The highest BCUT2D eigenvalue weighted by atomic mass is 16.6. The van der Waals surface area contributed by atoms with E-state index in [9.17, 15) is 15.2 Å². The Kier molecular flexibility index (Phi) is 3.93. The Hall–Kier alpha value is -3.34. The zero-order valence-electron chi connectivity index (χ0n) is 12.0. The molecule has 3 aromatic rings. The van der Waals surface area contributed by atoms with E-state index < -0.39 is 4.92 Å². The van der Waals surface area contributed by atoms with E-state index in [2.05, 4.69) is 0 Å². The molecule has 0 saturated heterocycles. The SMILES string of the molecule is O=[N+]([O-])c1ccc(Oc2ccc(-c3ccc(O)cc3)cc2)cc1. The fourth-order valence-corrected chi connectivity index (χ4v) is 2.14. The molecule has 5 heteroatoms. The minimum atomic E-state index is -0.448. The van der Waals surface area contributed by atoms with Gasteiger partial charge in [0.15, 0.2) is 0 Å². The highest BCUT2D eigenvalue weighted by Crippen LogP contribution is 2.27. The Morgan fingerprint density at radius 2 is 1.17 bits per heavy atom. The number of hydrogen-bond donors (Lipinski definition) is 1. The van der Waals surface area contributed by atoms with E-state index in [1.54, 1.807) is 24.3 Å². The molecule has 3 rings (SSSR count). The molecule has 0 aromatic heterocycles. The number of nitro groups is 1. The average molecular weight is 307 g/mol. The van der Waals surface area contributed by atoms with Crippen molar-refractivity contribution < 1.29 is 14.8 Å². The first-order valence-electron chi connectivity index (χ1n) is 6.93. The normalized spacial score (nSPS) is 10.3. The second-order valence-corrected chi connectivity index (χ2v) is 4.92. The second kappa shape index (κ2) is 6.19. The van der Waals surface area contributed by atoms with Gasteiger partial charge in [0.2, 0.25) is 0 Å². The Bertz CT molecular complexity index is 809. The molecule has 23 heavy (non-hydrogen) atoms. The third-order valence-corrected chi connectivity index (χ3v) is 3.34. The van der Waals surface area contributed by atoms with E-state index in [0.29, 0.717) is 11.5 Å². The molecule has 0 fully saturated rings. The van der Waals surface area contributed by atoms with Gasteiger partial charge in [-0.25, -0.2) is 0 Å². The van der Waals surface area contributed by atoms with Gasteiger partial charge >= 0.3 is 0 Å². The molecular weight excluding hydrogens is 294 g/mol. The van der Waals surface area contributed by atoms with Gasteiger partial charge in [-0.2, -0.15) is 0 Å². The summed E-state index contributed by atoms with van der Waals surface area (Å²) in [6, 6.07) is 20.3. The smallest absolute Gasteiger partial charge is 0.269 e. The highest BCUT2D eigenvalue weighted by Gasteiger charge is 2.05. The first-order valence-corrected chi connectivity index (χ1v) is 6.93. The van der Waals surface area contributed by atoms with Crippen molar-refractivity contribution in [2.24, 2.45) is 0 Å². The van der Waals surface area contributed by atoms with E-state index in [1.165, 1.54) is 12.1 Å². The van der Waals surface area contributed by atoms with Gasteiger partial charge in [-0.15, -0.1) is 0 Å². The number of hydrogen-bond acceptors (Lipinski definition) is 4. The van der Waals surface area contributed by atoms with Crippen LogP contribution in [0.5, 0.6) is 17.2 Å². The van der Waals surface area contributed by atoms with E-state index >= 15 is 0 Å². The summed E-state index contributed by atoms with van der Waals surface area (Å²) in [4.78, 5) is 10.2.